The minimum absolute atomic E-state index is 0.0212. The lowest BCUT2D eigenvalue weighted by Crippen LogP contribution is -2.46. The number of phosphoric acid groups is 1. The number of ether oxygens (including phenoxy) is 3. The number of likely N-dealkylation sites (N-methyl/N-ethyl adjacent to an activating group) is 2. The Labute approximate surface area is 343 Å². The van der Waals surface area contributed by atoms with Gasteiger partial charge in [0.1, 0.15) is 25.8 Å². The molecule has 17 heteroatoms. The summed E-state index contributed by atoms with van der Waals surface area (Å²) in [6.45, 7) is 6.76. The Hall–Kier alpha value is -1.72. The van der Waals surface area contributed by atoms with E-state index in [1.165, 1.54) is 12.8 Å². The van der Waals surface area contributed by atoms with E-state index < -0.39 is 19.3 Å². The first kappa shape index (κ1) is 57.4. The average molecular weight is 846 g/mol. The highest BCUT2D eigenvalue weighted by atomic mass is 31.2. The molecular weight excluding hydrogens is 763 g/mol. The molecule has 0 aliphatic carbocycles. The van der Waals surface area contributed by atoms with Gasteiger partial charge in [0, 0.05) is 37.9 Å². The zero-order chi connectivity index (χ0) is 43.6. The van der Waals surface area contributed by atoms with Gasteiger partial charge in [-0.15, -0.1) is 0 Å². The first-order valence-corrected chi connectivity index (χ1v) is 22.5. The molecule has 4 N–H and O–H groups in total. The van der Waals surface area contributed by atoms with Crippen molar-refractivity contribution in [2.24, 2.45) is 5.41 Å². The summed E-state index contributed by atoms with van der Waals surface area (Å²) in [5.41, 5.74) is -0.546. The molecule has 0 aliphatic rings. The SMILES string of the molecule is CCC(CCOC(=O)CCCCCO)(CCOC(=O)CCCCCOP(=O)([O-])OCC[N+](C)(C)C)COC(=O)CCCCCO.CCCC[N+](C)(C)CC(O)CO. The lowest BCUT2D eigenvalue weighted by Gasteiger charge is -2.32. The second-order valence-electron chi connectivity index (χ2n) is 16.5. The summed E-state index contributed by atoms with van der Waals surface area (Å²) in [4.78, 5) is 48.6. The van der Waals surface area contributed by atoms with Crippen LogP contribution in [0.1, 0.15) is 123 Å². The Morgan fingerprint density at radius 1 is 0.649 bits per heavy atom. The molecule has 0 spiro atoms. The third kappa shape index (κ3) is 37.0. The van der Waals surface area contributed by atoms with E-state index in [1.54, 1.807) is 0 Å². The minimum atomic E-state index is -4.35. The maximum Gasteiger partial charge on any atom is 0.305 e. The van der Waals surface area contributed by atoms with Crippen molar-refractivity contribution in [3.8, 4) is 0 Å². The number of carbonyl (C=O) groups excluding carboxylic acids is 3. The number of esters is 3. The van der Waals surface area contributed by atoms with Crippen molar-refractivity contribution < 1.29 is 76.5 Å². The lowest BCUT2D eigenvalue weighted by atomic mass is 9.80. The summed E-state index contributed by atoms with van der Waals surface area (Å²) >= 11 is 0. The molecule has 0 aromatic carbocycles. The number of aliphatic hydroxyl groups is 4. The number of carbonyl (C=O) groups is 3. The summed E-state index contributed by atoms with van der Waals surface area (Å²) in [7, 11) is 5.59. The molecule has 0 fully saturated rings. The second kappa shape index (κ2) is 34.0. The van der Waals surface area contributed by atoms with Gasteiger partial charge in [0.25, 0.3) is 7.82 Å². The van der Waals surface area contributed by atoms with Crippen molar-refractivity contribution in [1.29, 1.82) is 0 Å². The van der Waals surface area contributed by atoms with E-state index in [-0.39, 0.29) is 90.0 Å². The van der Waals surface area contributed by atoms with Gasteiger partial charge in [-0.2, -0.15) is 0 Å². The summed E-state index contributed by atoms with van der Waals surface area (Å²) < 4.78 is 39.4. The molecule has 16 nitrogen and oxygen atoms in total. The largest absolute Gasteiger partial charge is 0.756 e. The van der Waals surface area contributed by atoms with E-state index in [4.69, 9.17) is 38.6 Å². The zero-order valence-electron chi connectivity index (χ0n) is 36.6. The van der Waals surface area contributed by atoms with E-state index in [0.717, 1.165) is 23.9 Å². The highest BCUT2D eigenvalue weighted by molar-refractivity contribution is 7.45. The van der Waals surface area contributed by atoms with Crippen LogP contribution in [-0.2, 0) is 42.2 Å². The highest BCUT2D eigenvalue weighted by Crippen LogP contribution is 2.38. The minimum Gasteiger partial charge on any atom is -0.756 e. The molecule has 0 bridgehead atoms. The second-order valence-corrected chi connectivity index (χ2v) is 17.9. The predicted octanol–water partition coefficient (Wildman–Crippen LogP) is 3.88. The summed E-state index contributed by atoms with van der Waals surface area (Å²) in [5.74, 6) is -1.04. The molecule has 0 saturated carbocycles. The number of nitrogens with zero attached hydrogens (tertiary/aromatic N) is 2. The zero-order valence-corrected chi connectivity index (χ0v) is 37.5. The monoisotopic (exact) mass is 846 g/mol. The Morgan fingerprint density at radius 2 is 1.12 bits per heavy atom. The summed E-state index contributed by atoms with van der Waals surface area (Å²) in [5, 5.41) is 35.7. The van der Waals surface area contributed by atoms with Crippen molar-refractivity contribution in [2.45, 2.75) is 129 Å². The van der Waals surface area contributed by atoms with Crippen molar-refractivity contribution in [3.05, 3.63) is 0 Å². The molecule has 0 rings (SSSR count). The van der Waals surface area contributed by atoms with E-state index in [9.17, 15) is 28.9 Å². The van der Waals surface area contributed by atoms with E-state index in [0.29, 0.717) is 81.8 Å². The number of unbranched alkanes of at least 4 members (excludes halogenated alkanes) is 7. The standard InChI is InChI=1S/C31H60NO12P.C9H22NO2/c1-5-31(27-42-30(37)17-10-7-13-22-34,18-24-40-28(35)15-9-6-12-21-33)19-25-41-29(36)16-11-8-14-23-43-45(38,39)44-26-20-32(2,3)4;1-4-5-6-10(2,3)7-9(12)8-11/h33-34H,5-27H2,1-4H3;9,11-12H,4-8H2,1-3H3/q;+1. The quantitative estimate of drug-likeness (QED) is 0.0232. The number of phosphoric ester groups is 1. The number of hydrogen-bond donors (Lipinski definition) is 4. The van der Waals surface area contributed by atoms with Crippen molar-refractivity contribution in [3.63, 3.8) is 0 Å². The number of aliphatic hydroxyl groups excluding tert-OH is 4. The Kier molecular flexibility index (Phi) is 34.3. The van der Waals surface area contributed by atoms with Gasteiger partial charge in [0.05, 0.1) is 74.8 Å². The van der Waals surface area contributed by atoms with E-state index in [2.05, 4.69) is 21.0 Å². The fraction of sp³-hybridized carbons (Fsp3) is 0.925. The predicted molar refractivity (Wildman–Crippen MR) is 217 cm³/mol. The smallest absolute Gasteiger partial charge is 0.305 e. The van der Waals surface area contributed by atoms with Crippen molar-refractivity contribution in [2.75, 3.05) is 108 Å². The van der Waals surface area contributed by atoms with Gasteiger partial charge in [-0.25, -0.2) is 0 Å². The van der Waals surface area contributed by atoms with Crippen LogP contribution < -0.4 is 4.89 Å². The van der Waals surface area contributed by atoms with Crippen molar-refractivity contribution in [1.82, 2.24) is 0 Å². The average Bonchev–Trinajstić information content (AvgIpc) is 3.14. The molecule has 0 aromatic heterocycles. The van der Waals surface area contributed by atoms with Crippen LogP contribution in [0.4, 0.5) is 0 Å². The molecule has 0 radical (unpaired) electrons. The Bertz CT molecular complexity index is 1080. The highest BCUT2D eigenvalue weighted by Gasteiger charge is 2.31. The molecule has 57 heavy (non-hydrogen) atoms. The first-order chi connectivity index (χ1) is 26.8. The van der Waals surface area contributed by atoms with Gasteiger partial charge in [-0.05, 0) is 64.2 Å². The molecule has 3 unspecified atom stereocenters. The molecule has 0 aliphatic heterocycles. The van der Waals surface area contributed by atoms with Crippen LogP contribution in [-0.4, -0.2) is 161 Å². The van der Waals surface area contributed by atoms with E-state index in [1.807, 2.05) is 28.1 Å². The van der Waals surface area contributed by atoms with Crippen LogP contribution in [0, 0.1) is 5.41 Å². The van der Waals surface area contributed by atoms with Crippen LogP contribution in [0.25, 0.3) is 0 Å². The van der Waals surface area contributed by atoms with Crippen LogP contribution in [0.3, 0.4) is 0 Å². The first-order valence-electron chi connectivity index (χ1n) is 21.0. The Morgan fingerprint density at radius 3 is 1.56 bits per heavy atom. The molecule has 0 amide bonds. The van der Waals surface area contributed by atoms with Crippen LogP contribution in [0.15, 0.2) is 0 Å². The van der Waals surface area contributed by atoms with Crippen LogP contribution in [0.5, 0.6) is 0 Å². The molecule has 0 saturated heterocycles. The lowest BCUT2D eigenvalue weighted by molar-refractivity contribution is -0.893. The third-order valence-corrected chi connectivity index (χ3v) is 10.5. The van der Waals surface area contributed by atoms with Gasteiger partial charge >= 0.3 is 17.9 Å². The van der Waals surface area contributed by atoms with E-state index >= 15 is 0 Å². The summed E-state index contributed by atoms with van der Waals surface area (Å²) in [6.07, 6.45) is 9.47. The topological polar surface area (TPSA) is 218 Å². The normalized spacial score (nSPS) is 14.5. The number of quaternary nitrogens is 2. The molecule has 0 heterocycles. The maximum absolute atomic E-state index is 12.3. The number of rotatable bonds is 36. The Balaban J connectivity index is 0. The van der Waals surface area contributed by atoms with Crippen LogP contribution in [0.2, 0.25) is 0 Å². The van der Waals surface area contributed by atoms with Gasteiger partial charge in [-0.1, -0.05) is 39.5 Å². The van der Waals surface area contributed by atoms with Gasteiger partial charge in [0.15, 0.2) is 0 Å². The molecular formula is C40H82N2O14P+. The van der Waals surface area contributed by atoms with Crippen molar-refractivity contribution >= 4 is 25.7 Å². The number of hydrogen-bond acceptors (Lipinski definition) is 14. The molecule has 0 aromatic rings. The molecule has 3 atom stereocenters. The fourth-order valence-electron chi connectivity index (χ4n) is 5.55. The fourth-order valence-corrected chi connectivity index (χ4v) is 6.28. The van der Waals surface area contributed by atoms with Gasteiger partial charge < -0.3 is 57.5 Å². The van der Waals surface area contributed by atoms with Gasteiger partial charge in [-0.3, -0.25) is 18.9 Å². The van der Waals surface area contributed by atoms with Gasteiger partial charge in [0.2, 0.25) is 0 Å². The molecule has 340 valence electrons. The third-order valence-electron chi connectivity index (χ3n) is 9.48. The summed E-state index contributed by atoms with van der Waals surface area (Å²) in [6, 6.07) is 0. The maximum atomic E-state index is 12.3. The van der Waals surface area contributed by atoms with Crippen LogP contribution >= 0.6 is 7.82 Å².